The number of nitrogens with zero attached hydrogens (tertiary/aromatic N) is 3. The molecule has 1 N–H and O–H groups in total. The van der Waals surface area contributed by atoms with Crippen molar-refractivity contribution < 1.29 is 0 Å². The molecule has 0 radical (unpaired) electrons. The third kappa shape index (κ3) is 2.52. The summed E-state index contributed by atoms with van der Waals surface area (Å²) < 4.78 is 1.96. The Morgan fingerprint density at radius 3 is 2.33 bits per heavy atom. The van der Waals surface area contributed by atoms with Crippen molar-refractivity contribution >= 4 is 0 Å². The molecule has 4 nitrogen and oxygen atoms in total. The Morgan fingerprint density at radius 2 is 1.67 bits per heavy atom. The number of hydrogen-bond donors (Lipinski definition) is 1. The molecule has 4 rings (SSSR count). The largest absolute Gasteiger partial charge is 0.348 e. The molecule has 0 amide bonds. The van der Waals surface area contributed by atoms with E-state index >= 15 is 0 Å². The van der Waals surface area contributed by atoms with Gasteiger partial charge in [0.2, 0.25) is 0 Å². The normalized spacial score (nSPS) is 10.9. The molecule has 0 aliphatic carbocycles. The Balaban J connectivity index is 1.91. The number of benzene rings is 2. The molecule has 0 saturated carbocycles. The van der Waals surface area contributed by atoms with E-state index in [0.717, 1.165) is 34.0 Å². The number of para-hydroxylation sites is 1. The molecule has 4 heteroatoms. The van der Waals surface area contributed by atoms with E-state index in [2.05, 4.69) is 59.4 Å². The molecule has 118 valence electrons. The van der Waals surface area contributed by atoms with Gasteiger partial charge in [-0.15, -0.1) is 0 Å². The molecular formula is C20H18N4. The van der Waals surface area contributed by atoms with Gasteiger partial charge in [0.05, 0.1) is 23.4 Å². The lowest BCUT2D eigenvalue weighted by atomic mass is 10.1. The van der Waals surface area contributed by atoms with E-state index < -0.39 is 0 Å². The Morgan fingerprint density at radius 1 is 0.917 bits per heavy atom. The van der Waals surface area contributed by atoms with Crippen molar-refractivity contribution in [3.63, 3.8) is 0 Å². The molecule has 0 atom stereocenters. The fourth-order valence-corrected chi connectivity index (χ4v) is 2.80. The quantitative estimate of drug-likeness (QED) is 0.603. The highest BCUT2D eigenvalue weighted by Crippen LogP contribution is 2.29. The Kier molecular flexibility index (Phi) is 3.50. The summed E-state index contributed by atoms with van der Waals surface area (Å²) in [5.74, 6) is 0. The van der Waals surface area contributed by atoms with Gasteiger partial charge in [-0.1, -0.05) is 48.0 Å². The van der Waals surface area contributed by atoms with Crippen LogP contribution in [0.5, 0.6) is 0 Å². The molecule has 2 heterocycles. The highest BCUT2D eigenvalue weighted by atomic mass is 15.3. The molecule has 2 aromatic heterocycles. The van der Waals surface area contributed by atoms with Crippen LogP contribution in [0.4, 0.5) is 0 Å². The van der Waals surface area contributed by atoms with Gasteiger partial charge < -0.3 is 4.98 Å². The Hall–Kier alpha value is -3.14. The van der Waals surface area contributed by atoms with Crippen LogP contribution in [0.3, 0.4) is 0 Å². The van der Waals surface area contributed by atoms with Gasteiger partial charge >= 0.3 is 0 Å². The number of rotatable bonds is 3. The van der Waals surface area contributed by atoms with Gasteiger partial charge in [-0.25, -0.2) is 9.67 Å². The Bertz CT molecular complexity index is 963. The zero-order valence-corrected chi connectivity index (χ0v) is 13.7. The molecule has 2 aromatic carbocycles. The van der Waals surface area contributed by atoms with Crippen LogP contribution in [0.2, 0.25) is 0 Å². The van der Waals surface area contributed by atoms with Crippen molar-refractivity contribution in [3.05, 3.63) is 78.2 Å². The molecule has 0 bridgehead atoms. The van der Waals surface area contributed by atoms with E-state index in [9.17, 15) is 0 Å². The average Bonchev–Trinajstić information content (AvgIpc) is 3.22. The van der Waals surface area contributed by atoms with Crippen molar-refractivity contribution in [2.75, 3.05) is 0 Å². The van der Waals surface area contributed by atoms with Gasteiger partial charge in [-0.05, 0) is 32.0 Å². The maximum absolute atomic E-state index is 4.84. The minimum Gasteiger partial charge on any atom is -0.348 e. The van der Waals surface area contributed by atoms with Crippen molar-refractivity contribution in [1.82, 2.24) is 19.7 Å². The van der Waals surface area contributed by atoms with Crippen molar-refractivity contribution in [3.8, 4) is 28.3 Å². The monoisotopic (exact) mass is 314 g/mol. The molecule has 0 aliphatic rings. The van der Waals surface area contributed by atoms with Gasteiger partial charge in [-0.2, -0.15) is 5.10 Å². The molecule has 0 saturated heterocycles. The summed E-state index contributed by atoms with van der Waals surface area (Å²) in [6, 6.07) is 20.7. The van der Waals surface area contributed by atoms with Gasteiger partial charge in [0.1, 0.15) is 5.69 Å². The van der Waals surface area contributed by atoms with Crippen LogP contribution in [0, 0.1) is 13.8 Å². The first kappa shape index (κ1) is 14.5. The third-order valence-electron chi connectivity index (χ3n) is 4.13. The van der Waals surface area contributed by atoms with Crippen LogP contribution in [0.25, 0.3) is 28.3 Å². The summed E-state index contributed by atoms with van der Waals surface area (Å²) in [4.78, 5) is 7.63. The van der Waals surface area contributed by atoms with Crippen LogP contribution in [0.1, 0.15) is 11.3 Å². The number of imidazole rings is 1. The molecule has 0 spiro atoms. The van der Waals surface area contributed by atoms with E-state index in [-0.39, 0.29) is 0 Å². The van der Waals surface area contributed by atoms with Gasteiger partial charge in [0.15, 0.2) is 0 Å². The third-order valence-corrected chi connectivity index (χ3v) is 4.13. The molecule has 4 aromatic rings. The number of hydrogen-bond acceptors (Lipinski definition) is 2. The summed E-state index contributed by atoms with van der Waals surface area (Å²) in [5.41, 5.74) is 7.24. The van der Waals surface area contributed by atoms with Crippen LogP contribution in [-0.2, 0) is 0 Å². The SMILES string of the molecule is Cc1ccc(-c2cc(-c3nc[nH]c3C)n(-c3ccccc3)n2)cc1. The van der Waals surface area contributed by atoms with E-state index in [1.807, 2.05) is 29.8 Å². The van der Waals surface area contributed by atoms with Crippen molar-refractivity contribution in [1.29, 1.82) is 0 Å². The maximum atomic E-state index is 4.84. The van der Waals surface area contributed by atoms with Gasteiger partial charge in [0, 0.05) is 11.3 Å². The van der Waals surface area contributed by atoms with Gasteiger partial charge in [0.25, 0.3) is 0 Å². The van der Waals surface area contributed by atoms with Crippen molar-refractivity contribution in [2.45, 2.75) is 13.8 Å². The first-order valence-corrected chi connectivity index (χ1v) is 7.95. The average molecular weight is 314 g/mol. The highest BCUT2D eigenvalue weighted by Gasteiger charge is 2.16. The molecular weight excluding hydrogens is 296 g/mol. The lowest BCUT2D eigenvalue weighted by Crippen LogP contribution is -1.99. The summed E-state index contributed by atoms with van der Waals surface area (Å²) >= 11 is 0. The maximum Gasteiger partial charge on any atom is 0.109 e. The number of aromatic amines is 1. The summed E-state index contributed by atoms with van der Waals surface area (Å²) in [6.07, 6.45) is 1.72. The van der Waals surface area contributed by atoms with E-state index in [1.54, 1.807) is 6.33 Å². The minimum absolute atomic E-state index is 0.921. The van der Waals surface area contributed by atoms with Crippen molar-refractivity contribution in [2.24, 2.45) is 0 Å². The first-order valence-electron chi connectivity index (χ1n) is 7.95. The van der Waals surface area contributed by atoms with Crippen LogP contribution in [-0.4, -0.2) is 19.7 Å². The topological polar surface area (TPSA) is 46.5 Å². The summed E-state index contributed by atoms with van der Waals surface area (Å²) in [6.45, 7) is 4.11. The van der Waals surface area contributed by atoms with Crippen LogP contribution < -0.4 is 0 Å². The number of nitrogens with one attached hydrogen (secondary N) is 1. The van der Waals surface area contributed by atoms with E-state index in [4.69, 9.17) is 5.10 Å². The lowest BCUT2D eigenvalue weighted by Gasteiger charge is -2.06. The number of H-pyrrole nitrogens is 1. The van der Waals surface area contributed by atoms with E-state index in [0.29, 0.717) is 0 Å². The number of aromatic nitrogens is 4. The zero-order valence-electron chi connectivity index (χ0n) is 13.7. The van der Waals surface area contributed by atoms with Gasteiger partial charge in [-0.3, -0.25) is 0 Å². The molecule has 24 heavy (non-hydrogen) atoms. The molecule has 0 aliphatic heterocycles. The fraction of sp³-hybridized carbons (Fsp3) is 0.100. The fourth-order valence-electron chi connectivity index (χ4n) is 2.80. The highest BCUT2D eigenvalue weighted by molar-refractivity contribution is 5.69. The van der Waals surface area contributed by atoms with Crippen LogP contribution in [0.15, 0.2) is 67.0 Å². The lowest BCUT2D eigenvalue weighted by molar-refractivity contribution is 0.888. The summed E-state index contributed by atoms with van der Waals surface area (Å²) in [5, 5.41) is 4.84. The Labute approximate surface area is 140 Å². The molecule has 0 unspecified atom stereocenters. The predicted molar refractivity (Wildman–Crippen MR) is 96.1 cm³/mol. The molecule has 0 fully saturated rings. The standard InChI is InChI=1S/C20H18N4/c1-14-8-10-16(11-9-14)18-12-19(20-15(2)21-13-22-20)24(23-18)17-6-4-3-5-7-17/h3-13H,1-2H3,(H,21,22). The number of aryl methyl sites for hydroxylation is 2. The smallest absolute Gasteiger partial charge is 0.109 e. The second-order valence-electron chi connectivity index (χ2n) is 5.90. The second kappa shape index (κ2) is 5.81. The minimum atomic E-state index is 0.921. The van der Waals surface area contributed by atoms with E-state index in [1.165, 1.54) is 5.56 Å². The first-order chi connectivity index (χ1) is 11.7. The van der Waals surface area contributed by atoms with Crippen LogP contribution >= 0.6 is 0 Å². The zero-order chi connectivity index (χ0) is 16.5. The predicted octanol–water partition coefficient (Wildman–Crippen LogP) is 4.55. The summed E-state index contributed by atoms with van der Waals surface area (Å²) in [7, 11) is 0. The second-order valence-corrected chi connectivity index (χ2v) is 5.90.